The van der Waals surface area contributed by atoms with E-state index in [1.165, 1.54) is 11.1 Å². The van der Waals surface area contributed by atoms with Crippen molar-refractivity contribution in [1.29, 1.82) is 0 Å². The second kappa shape index (κ2) is 8.81. The van der Waals surface area contributed by atoms with Crippen molar-refractivity contribution in [3.63, 3.8) is 0 Å². The van der Waals surface area contributed by atoms with E-state index in [2.05, 4.69) is 10.3 Å². The molecule has 0 saturated carbocycles. The fourth-order valence-electron chi connectivity index (χ4n) is 4.71. The maximum absolute atomic E-state index is 12.7. The van der Waals surface area contributed by atoms with E-state index in [9.17, 15) is 18.7 Å². The number of carbonyl (C=O) groups is 2. The third kappa shape index (κ3) is 4.75. The zero-order valence-corrected chi connectivity index (χ0v) is 19.1. The van der Waals surface area contributed by atoms with Crippen LogP contribution in [0.1, 0.15) is 29.7 Å². The van der Waals surface area contributed by atoms with Crippen molar-refractivity contribution in [2.75, 3.05) is 29.9 Å². The highest BCUT2D eigenvalue weighted by Gasteiger charge is 2.35. The fourth-order valence-corrected chi connectivity index (χ4v) is 6.49. The van der Waals surface area contributed by atoms with Crippen molar-refractivity contribution < 1.29 is 18.7 Å². The Bertz CT molecular complexity index is 1080. The molecule has 174 valence electrons. The molecule has 1 saturated heterocycles. The lowest BCUT2D eigenvalue weighted by Crippen LogP contribution is -2.39. The Hall–Kier alpha value is -2.88. The summed E-state index contributed by atoms with van der Waals surface area (Å²) in [6.45, 7) is 2.31. The Morgan fingerprint density at radius 1 is 1.06 bits per heavy atom. The standard InChI is InChI=1S/C24H28N4O4S/c29-23(20-9-12-33(31,32)16-20)27-10-7-17(8-11-27)22-6-5-21(13-25-22)26-24(30)28-14-18-3-1-2-4-19(18)15-28/h1-7,13,20,31-32H,8-12,14-16H2,(H,26,30). The second-order valence-electron chi connectivity index (χ2n) is 8.91. The molecule has 8 nitrogen and oxygen atoms in total. The monoisotopic (exact) mass is 468 g/mol. The maximum atomic E-state index is 12.7. The van der Waals surface area contributed by atoms with E-state index in [4.69, 9.17) is 0 Å². The number of nitrogens with zero attached hydrogens (tertiary/aromatic N) is 3. The number of urea groups is 1. The lowest BCUT2D eigenvalue weighted by Gasteiger charge is -2.30. The summed E-state index contributed by atoms with van der Waals surface area (Å²) in [7, 11) is -2.57. The van der Waals surface area contributed by atoms with Crippen LogP contribution in [0.25, 0.3) is 5.57 Å². The summed E-state index contributed by atoms with van der Waals surface area (Å²) in [6, 6.07) is 11.7. The van der Waals surface area contributed by atoms with Gasteiger partial charge in [-0.3, -0.25) is 18.9 Å². The molecule has 0 radical (unpaired) electrons. The van der Waals surface area contributed by atoms with Gasteiger partial charge >= 0.3 is 6.03 Å². The van der Waals surface area contributed by atoms with Crippen LogP contribution in [0.2, 0.25) is 0 Å². The first-order valence-electron chi connectivity index (χ1n) is 11.2. The lowest BCUT2D eigenvalue weighted by molar-refractivity contribution is -0.134. The third-order valence-electron chi connectivity index (χ3n) is 6.60. The van der Waals surface area contributed by atoms with Crippen molar-refractivity contribution in [2.45, 2.75) is 25.9 Å². The topological polar surface area (TPSA) is 106 Å². The highest BCUT2D eigenvalue weighted by atomic mass is 32.3. The molecular weight excluding hydrogens is 440 g/mol. The Balaban J connectivity index is 1.16. The van der Waals surface area contributed by atoms with Gasteiger partial charge in [-0.1, -0.05) is 30.3 Å². The van der Waals surface area contributed by atoms with Gasteiger partial charge in [0.05, 0.1) is 23.5 Å². The number of hydrogen-bond donors (Lipinski definition) is 3. The van der Waals surface area contributed by atoms with Crippen molar-refractivity contribution in [3.05, 3.63) is 65.5 Å². The summed E-state index contributed by atoms with van der Waals surface area (Å²) >= 11 is 0. The SMILES string of the molecule is O=C(Nc1ccc(C2=CCN(C(=O)C3CCS(O)(O)C3)CC2)nc1)N1Cc2ccccc2C1. The lowest BCUT2D eigenvalue weighted by atomic mass is 10.0. The summed E-state index contributed by atoms with van der Waals surface area (Å²) in [5.41, 5.74) is 4.91. The minimum absolute atomic E-state index is 0.0119. The van der Waals surface area contributed by atoms with E-state index in [0.29, 0.717) is 50.5 Å². The van der Waals surface area contributed by atoms with Gasteiger partial charge in [-0.2, -0.15) is 10.6 Å². The number of benzene rings is 1. The maximum Gasteiger partial charge on any atom is 0.322 e. The molecule has 1 atom stereocenters. The van der Waals surface area contributed by atoms with Gasteiger partial charge in [-0.15, -0.1) is 0 Å². The summed E-state index contributed by atoms with van der Waals surface area (Å²) < 4.78 is 19.6. The van der Waals surface area contributed by atoms with E-state index in [-0.39, 0.29) is 23.6 Å². The van der Waals surface area contributed by atoms with Gasteiger partial charge < -0.3 is 15.1 Å². The Labute approximate surface area is 194 Å². The number of aromatic nitrogens is 1. The van der Waals surface area contributed by atoms with Crippen LogP contribution in [-0.4, -0.2) is 60.4 Å². The highest BCUT2D eigenvalue weighted by molar-refractivity contribution is 8.24. The van der Waals surface area contributed by atoms with Gasteiger partial charge in [0.15, 0.2) is 0 Å². The van der Waals surface area contributed by atoms with Gasteiger partial charge in [-0.25, -0.2) is 4.79 Å². The molecule has 2 aromatic rings. The molecule has 3 aliphatic heterocycles. The van der Waals surface area contributed by atoms with Gasteiger partial charge in [-0.05, 0) is 41.7 Å². The van der Waals surface area contributed by atoms with Crippen LogP contribution in [-0.2, 0) is 17.9 Å². The number of amides is 3. The van der Waals surface area contributed by atoms with Crippen molar-refractivity contribution in [3.8, 4) is 0 Å². The van der Waals surface area contributed by atoms with Crippen molar-refractivity contribution >= 4 is 33.8 Å². The van der Waals surface area contributed by atoms with Crippen LogP contribution in [0.4, 0.5) is 10.5 Å². The first-order valence-corrected chi connectivity index (χ1v) is 13.1. The fraction of sp³-hybridized carbons (Fsp3) is 0.375. The molecule has 0 bridgehead atoms. The summed E-state index contributed by atoms with van der Waals surface area (Å²) in [6.07, 6.45) is 4.92. The largest absolute Gasteiger partial charge is 0.338 e. The minimum atomic E-state index is -2.57. The zero-order valence-electron chi connectivity index (χ0n) is 18.3. The highest BCUT2D eigenvalue weighted by Crippen LogP contribution is 2.48. The molecule has 4 heterocycles. The zero-order chi connectivity index (χ0) is 23.0. The summed E-state index contributed by atoms with van der Waals surface area (Å²) in [5.74, 6) is 0.250. The van der Waals surface area contributed by atoms with Crippen LogP contribution in [0, 0.1) is 5.92 Å². The van der Waals surface area contributed by atoms with Crippen LogP contribution >= 0.6 is 10.6 Å². The molecule has 1 aromatic carbocycles. The molecule has 1 unspecified atom stereocenters. The first-order chi connectivity index (χ1) is 15.9. The Morgan fingerprint density at radius 2 is 1.82 bits per heavy atom. The molecular formula is C24H28N4O4S. The Morgan fingerprint density at radius 3 is 2.39 bits per heavy atom. The van der Waals surface area contributed by atoms with Crippen LogP contribution in [0.15, 0.2) is 48.7 Å². The minimum Gasteiger partial charge on any atom is -0.338 e. The number of nitrogens with one attached hydrogen (secondary N) is 1. The second-order valence-corrected chi connectivity index (χ2v) is 11.3. The molecule has 0 aliphatic carbocycles. The molecule has 5 rings (SSSR count). The normalized spacial score (nSPS) is 22.5. The smallest absolute Gasteiger partial charge is 0.322 e. The molecule has 1 aromatic heterocycles. The average Bonchev–Trinajstić information content (AvgIpc) is 3.42. The molecule has 3 amide bonds. The number of fused-ring (bicyclic) bond motifs is 1. The Kier molecular flexibility index (Phi) is 5.86. The number of rotatable bonds is 3. The predicted molar refractivity (Wildman–Crippen MR) is 129 cm³/mol. The van der Waals surface area contributed by atoms with E-state index in [0.717, 1.165) is 11.3 Å². The molecule has 33 heavy (non-hydrogen) atoms. The van der Waals surface area contributed by atoms with Crippen LogP contribution in [0.5, 0.6) is 0 Å². The van der Waals surface area contributed by atoms with Gasteiger partial charge in [0.2, 0.25) is 5.91 Å². The van der Waals surface area contributed by atoms with Gasteiger partial charge in [0, 0.05) is 37.7 Å². The molecule has 9 heteroatoms. The molecule has 3 aliphatic rings. The number of pyridine rings is 1. The molecule has 1 fully saturated rings. The predicted octanol–water partition coefficient (Wildman–Crippen LogP) is 4.02. The van der Waals surface area contributed by atoms with Crippen LogP contribution < -0.4 is 5.32 Å². The third-order valence-corrected chi connectivity index (χ3v) is 8.43. The average molecular weight is 469 g/mol. The molecule has 0 spiro atoms. The summed E-state index contributed by atoms with van der Waals surface area (Å²) in [4.78, 5) is 33.4. The van der Waals surface area contributed by atoms with Crippen molar-refractivity contribution in [2.24, 2.45) is 5.92 Å². The number of anilines is 1. The van der Waals surface area contributed by atoms with E-state index < -0.39 is 10.6 Å². The number of carbonyl (C=O) groups excluding carboxylic acids is 2. The van der Waals surface area contributed by atoms with Gasteiger partial charge in [0.1, 0.15) is 0 Å². The van der Waals surface area contributed by atoms with Crippen molar-refractivity contribution in [1.82, 2.24) is 14.8 Å². The summed E-state index contributed by atoms with van der Waals surface area (Å²) in [5, 5.41) is 2.92. The van der Waals surface area contributed by atoms with E-state index in [1.807, 2.05) is 42.5 Å². The number of hydrogen-bond acceptors (Lipinski definition) is 5. The van der Waals surface area contributed by atoms with Gasteiger partial charge in [0.25, 0.3) is 0 Å². The van der Waals surface area contributed by atoms with E-state index >= 15 is 0 Å². The quantitative estimate of drug-likeness (QED) is 0.631. The molecule has 3 N–H and O–H groups in total. The van der Waals surface area contributed by atoms with E-state index in [1.54, 1.807) is 16.0 Å². The first kappa shape index (κ1) is 21.9. The van der Waals surface area contributed by atoms with Crippen LogP contribution in [0.3, 0.4) is 0 Å².